The van der Waals surface area contributed by atoms with Crippen LogP contribution in [0.5, 0.6) is 11.5 Å². The summed E-state index contributed by atoms with van der Waals surface area (Å²) < 4.78 is 38.5. The highest BCUT2D eigenvalue weighted by molar-refractivity contribution is 7.89. The van der Waals surface area contributed by atoms with Crippen LogP contribution in [0.15, 0.2) is 83.8 Å². The highest BCUT2D eigenvalue weighted by Crippen LogP contribution is 2.25. The molecule has 1 heterocycles. The summed E-state index contributed by atoms with van der Waals surface area (Å²) in [7, 11) is -3.51. The molecule has 1 N–H and O–H groups in total. The van der Waals surface area contributed by atoms with E-state index in [0.29, 0.717) is 42.8 Å². The molecule has 4 rings (SSSR count). The van der Waals surface area contributed by atoms with Crippen LogP contribution in [0, 0.1) is 5.92 Å². The van der Waals surface area contributed by atoms with Crippen LogP contribution < -0.4 is 14.8 Å². The molecule has 0 unspecified atom stereocenters. The number of benzene rings is 3. The molecule has 0 spiro atoms. The van der Waals surface area contributed by atoms with Gasteiger partial charge in [0.05, 0.1) is 4.90 Å². The molecule has 1 fully saturated rings. The molecule has 1 saturated heterocycles. The number of piperidine rings is 1. The zero-order valence-corrected chi connectivity index (χ0v) is 20.5. The Morgan fingerprint density at radius 2 is 1.49 bits per heavy atom. The van der Waals surface area contributed by atoms with Crippen LogP contribution in [0.1, 0.15) is 25.3 Å². The first-order valence-corrected chi connectivity index (χ1v) is 13.1. The number of hydrogen-bond acceptors (Lipinski definition) is 5. The Morgan fingerprint density at radius 3 is 2.14 bits per heavy atom. The summed E-state index contributed by atoms with van der Waals surface area (Å²) in [5.41, 5.74) is 1.71. The van der Waals surface area contributed by atoms with Crippen molar-refractivity contribution < 1.29 is 22.7 Å². The maximum atomic E-state index is 12.8. The van der Waals surface area contributed by atoms with Crippen molar-refractivity contribution in [3.05, 3.63) is 84.4 Å². The minimum atomic E-state index is -3.51. The first kappa shape index (κ1) is 24.8. The van der Waals surface area contributed by atoms with E-state index >= 15 is 0 Å². The summed E-state index contributed by atoms with van der Waals surface area (Å²) in [5, 5.41) is 2.77. The van der Waals surface area contributed by atoms with Crippen molar-refractivity contribution in [2.24, 2.45) is 5.92 Å². The van der Waals surface area contributed by atoms with Crippen LogP contribution in [0.4, 0.5) is 5.69 Å². The minimum Gasteiger partial charge on any atom is -0.489 e. The average molecular weight is 495 g/mol. The molecule has 0 radical (unpaired) electrons. The van der Waals surface area contributed by atoms with E-state index in [1.165, 1.54) is 16.4 Å². The van der Waals surface area contributed by atoms with Crippen molar-refractivity contribution >= 4 is 21.6 Å². The van der Waals surface area contributed by atoms with E-state index in [-0.39, 0.29) is 17.4 Å². The molecule has 0 aromatic heterocycles. The maximum absolute atomic E-state index is 12.8. The van der Waals surface area contributed by atoms with Crippen molar-refractivity contribution in [3.8, 4) is 11.5 Å². The molecule has 184 valence electrons. The number of nitrogens with one attached hydrogen (secondary N) is 1. The van der Waals surface area contributed by atoms with Gasteiger partial charge in [-0.15, -0.1) is 0 Å². The van der Waals surface area contributed by atoms with E-state index in [1.54, 1.807) is 36.4 Å². The Morgan fingerprint density at radius 1 is 0.886 bits per heavy atom. The van der Waals surface area contributed by atoms with Gasteiger partial charge in [-0.2, -0.15) is 4.31 Å². The maximum Gasteiger partial charge on any atom is 0.262 e. The zero-order chi connectivity index (χ0) is 24.7. The Labute approximate surface area is 206 Å². The van der Waals surface area contributed by atoms with Crippen molar-refractivity contribution in [2.45, 2.75) is 31.3 Å². The lowest BCUT2D eigenvalue weighted by Gasteiger charge is -2.29. The average Bonchev–Trinajstić information content (AvgIpc) is 2.88. The van der Waals surface area contributed by atoms with Gasteiger partial charge in [0, 0.05) is 18.8 Å². The van der Waals surface area contributed by atoms with Crippen LogP contribution in [-0.2, 0) is 21.4 Å². The number of carbonyl (C=O) groups is 1. The molecule has 0 bridgehead atoms. The van der Waals surface area contributed by atoms with E-state index in [4.69, 9.17) is 9.47 Å². The topological polar surface area (TPSA) is 84.9 Å². The molecule has 7 nitrogen and oxygen atoms in total. The van der Waals surface area contributed by atoms with E-state index in [1.807, 2.05) is 30.3 Å². The van der Waals surface area contributed by atoms with Crippen LogP contribution in [0.25, 0.3) is 0 Å². The smallest absolute Gasteiger partial charge is 0.262 e. The highest BCUT2D eigenvalue weighted by Gasteiger charge is 2.27. The predicted molar refractivity (Wildman–Crippen MR) is 135 cm³/mol. The summed E-state index contributed by atoms with van der Waals surface area (Å²) in [5.74, 6) is 1.37. The molecular weight excluding hydrogens is 464 g/mol. The second-order valence-corrected chi connectivity index (χ2v) is 10.6. The van der Waals surface area contributed by atoms with Gasteiger partial charge in [0.25, 0.3) is 5.91 Å². The summed E-state index contributed by atoms with van der Waals surface area (Å²) >= 11 is 0. The molecule has 0 aliphatic carbocycles. The quantitative estimate of drug-likeness (QED) is 0.466. The normalized spacial score (nSPS) is 14.9. The SMILES string of the molecule is CC1CCN(S(=O)(=O)c2ccc(OCC(=O)Nc3ccc(OCc4ccccc4)cc3)cc2)CC1. The number of sulfonamides is 1. The summed E-state index contributed by atoms with van der Waals surface area (Å²) in [6.07, 6.45) is 1.75. The molecule has 1 amide bonds. The fourth-order valence-corrected chi connectivity index (χ4v) is 5.27. The Kier molecular flexibility index (Phi) is 8.05. The zero-order valence-electron chi connectivity index (χ0n) is 19.7. The predicted octanol–water partition coefficient (Wildman–Crippen LogP) is 4.70. The number of anilines is 1. The first-order valence-electron chi connectivity index (χ1n) is 11.7. The van der Waals surface area contributed by atoms with Gasteiger partial charge >= 0.3 is 0 Å². The lowest BCUT2D eigenvalue weighted by Crippen LogP contribution is -2.37. The molecule has 3 aromatic carbocycles. The van der Waals surface area contributed by atoms with E-state index in [9.17, 15) is 13.2 Å². The van der Waals surface area contributed by atoms with Crippen LogP contribution in [0.2, 0.25) is 0 Å². The Balaban J connectivity index is 1.24. The van der Waals surface area contributed by atoms with E-state index < -0.39 is 10.0 Å². The molecule has 35 heavy (non-hydrogen) atoms. The lowest BCUT2D eigenvalue weighted by molar-refractivity contribution is -0.118. The van der Waals surface area contributed by atoms with Gasteiger partial charge in [-0.25, -0.2) is 8.42 Å². The van der Waals surface area contributed by atoms with Gasteiger partial charge in [-0.05, 0) is 72.9 Å². The van der Waals surface area contributed by atoms with Gasteiger partial charge in [0.1, 0.15) is 18.1 Å². The van der Waals surface area contributed by atoms with Gasteiger partial charge in [0.15, 0.2) is 6.61 Å². The third-order valence-electron chi connectivity index (χ3n) is 5.96. The molecular formula is C27H30N2O5S. The Hall–Kier alpha value is -3.36. The van der Waals surface area contributed by atoms with Crippen molar-refractivity contribution in [2.75, 3.05) is 25.0 Å². The molecule has 0 saturated carbocycles. The third kappa shape index (κ3) is 6.83. The second kappa shape index (κ2) is 11.4. The first-order chi connectivity index (χ1) is 16.9. The second-order valence-electron chi connectivity index (χ2n) is 8.69. The number of carbonyl (C=O) groups excluding carboxylic acids is 1. The fraction of sp³-hybridized carbons (Fsp3) is 0.296. The van der Waals surface area contributed by atoms with Crippen LogP contribution in [0.3, 0.4) is 0 Å². The van der Waals surface area contributed by atoms with Gasteiger partial charge in [-0.1, -0.05) is 37.3 Å². The van der Waals surface area contributed by atoms with Crippen molar-refractivity contribution in [1.29, 1.82) is 0 Å². The number of amides is 1. The van der Waals surface area contributed by atoms with Gasteiger partial charge in [0.2, 0.25) is 10.0 Å². The van der Waals surface area contributed by atoms with Gasteiger partial charge in [-0.3, -0.25) is 4.79 Å². The largest absolute Gasteiger partial charge is 0.489 e. The molecule has 1 aliphatic rings. The number of hydrogen-bond donors (Lipinski definition) is 1. The summed E-state index contributed by atoms with van der Waals surface area (Å²) in [6, 6.07) is 23.2. The third-order valence-corrected chi connectivity index (χ3v) is 7.87. The van der Waals surface area contributed by atoms with Crippen LogP contribution in [-0.4, -0.2) is 38.3 Å². The van der Waals surface area contributed by atoms with Crippen LogP contribution >= 0.6 is 0 Å². The number of ether oxygens (including phenoxy) is 2. The molecule has 3 aromatic rings. The van der Waals surface area contributed by atoms with E-state index in [2.05, 4.69) is 12.2 Å². The summed E-state index contributed by atoms with van der Waals surface area (Å²) in [4.78, 5) is 12.5. The van der Waals surface area contributed by atoms with E-state index in [0.717, 1.165) is 18.4 Å². The highest BCUT2D eigenvalue weighted by atomic mass is 32.2. The Bertz CT molecular complexity index is 1200. The van der Waals surface area contributed by atoms with Crippen molar-refractivity contribution in [3.63, 3.8) is 0 Å². The van der Waals surface area contributed by atoms with Crippen molar-refractivity contribution in [1.82, 2.24) is 4.31 Å². The van der Waals surface area contributed by atoms with Gasteiger partial charge < -0.3 is 14.8 Å². The summed E-state index contributed by atoms with van der Waals surface area (Å²) in [6.45, 7) is 3.51. The lowest BCUT2D eigenvalue weighted by atomic mass is 10.0. The fourth-order valence-electron chi connectivity index (χ4n) is 3.80. The monoisotopic (exact) mass is 494 g/mol. The minimum absolute atomic E-state index is 0.192. The molecule has 8 heteroatoms. The molecule has 0 atom stereocenters. The number of nitrogens with zero attached hydrogens (tertiary/aromatic N) is 1. The standard InChI is InChI=1S/C27H30N2O5S/c1-21-15-17-29(18-16-21)35(31,32)26-13-11-25(12-14-26)34-20-27(30)28-23-7-9-24(10-8-23)33-19-22-5-3-2-4-6-22/h2-14,21H,15-20H2,1H3,(H,28,30). The number of rotatable bonds is 9. The molecule has 1 aliphatic heterocycles.